The molecule has 0 rings (SSSR count). The van der Waals surface area contributed by atoms with Crippen LogP contribution in [0, 0.1) is 0 Å². The maximum absolute atomic E-state index is 10.7. The monoisotopic (exact) mass is 196 g/mol. The van der Waals surface area contributed by atoms with Gasteiger partial charge >= 0.3 is 0 Å². The van der Waals surface area contributed by atoms with Crippen molar-refractivity contribution < 1.29 is 9.59 Å². The van der Waals surface area contributed by atoms with Gasteiger partial charge in [-0.2, -0.15) is 0 Å². The van der Waals surface area contributed by atoms with Crippen molar-refractivity contribution in [3.8, 4) is 0 Å². The molecule has 11 heavy (non-hydrogen) atoms. The molecular weight excluding hydrogens is 188 g/mol. The molecule has 0 atom stereocenters. The molecule has 0 unspecified atom stereocenters. The number of rotatable bonds is 2. The first-order valence-corrected chi connectivity index (χ1v) is 3.33. The van der Waals surface area contributed by atoms with Crippen molar-refractivity contribution in [1.82, 2.24) is 10.9 Å². The average molecular weight is 196 g/mol. The summed E-state index contributed by atoms with van der Waals surface area (Å²) < 4.78 is -1.84. The van der Waals surface area contributed by atoms with E-state index in [1.807, 2.05) is 0 Å². The van der Waals surface area contributed by atoms with Gasteiger partial charge in [0.2, 0.25) is 4.08 Å². The molecule has 0 aliphatic rings. The number of nitrogens with two attached hydrogens (primary N) is 2. The van der Waals surface area contributed by atoms with Crippen molar-refractivity contribution in [1.29, 1.82) is 0 Å². The van der Waals surface area contributed by atoms with E-state index in [2.05, 4.69) is 25.3 Å². The second-order valence-corrected chi connectivity index (χ2v) is 3.31. The van der Waals surface area contributed by atoms with Crippen molar-refractivity contribution >= 4 is 37.1 Å². The maximum Gasteiger partial charge on any atom is 0.269 e. The van der Waals surface area contributed by atoms with Crippen molar-refractivity contribution in [2.45, 2.75) is 4.08 Å². The number of amides is 2. The highest BCUT2D eigenvalue weighted by molar-refractivity contribution is 8.03. The Hall–Kier alpha value is -0.440. The summed E-state index contributed by atoms with van der Waals surface area (Å²) in [6.07, 6.45) is 0. The zero-order valence-electron chi connectivity index (χ0n) is 5.37. The summed E-state index contributed by atoms with van der Waals surface area (Å²) in [6, 6.07) is 0. The van der Waals surface area contributed by atoms with E-state index in [4.69, 9.17) is 11.7 Å². The Morgan fingerprint density at radius 3 is 1.55 bits per heavy atom. The number of hydrazine groups is 2. The molecular formula is C3H8N4O2S2. The zero-order valence-corrected chi connectivity index (χ0v) is 7.15. The number of nitrogens with one attached hydrogen (secondary N) is 2. The van der Waals surface area contributed by atoms with Gasteiger partial charge in [0.1, 0.15) is 0 Å². The minimum Gasteiger partial charge on any atom is -0.292 e. The molecule has 0 spiro atoms. The standard InChI is InChI=1S/C3H8N4O2S2/c4-6-1(8)3(10,11)2(9)7-5/h10-11H,4-5H2,(H,6,8)(H,7,9). The first kappa shape index (κ1) is 10.6. The minimum absolute atomic E-state index is 0.855. The van der Waals surface area contributed by atoms with Gasteiger partial charge in [-0.3, -0.25) is 20.4 Å². The predicted octanol–water partition coefficient (Wildman–Crippen LogP) is -2.48. The van der Waals surface area contributed by atoms with Crippen molar-refractivity contribution in [3.05, 3.63) is 0 Å². The Morgan fingerprint density at radius 1 is 1.09 bits per heavy atom. The van der Waals surface area contributed by atoms with Crippen molar-refractivity contribution in [3.63, 3.8) is 0 Å². The number of hydrogen-bond acceptors (Lipinski definition) is 6. The Labute approximate surface area is 73.8 Å². The molecule has 0 aliphatic heterocycles. The Kier molecular flexibility index (Phi) is 3.66. The fraction of sp³-hybridized carbons (Fsp3) is 0.333. The van der Waals surface area contributed by atoms with E-state index in [-0.39, 0.29) is 0 Å². The van der Waals surface area contributed by atoms with Crippen LogP contribution in [0.5, 0.6) is 0 Å². The molecule has 0 aliphatic carbocycles. The fourth-order valence-electron chi connectivity index (χ4n) is 0.304. The van der Waals surface area contributed by atoms with Gasteiger partial charge in [-0.25, -0.2) is 11.7 Å². The van der Waals surface area contributed by atoms with Gasteiger partial charge < -0.3 is 0 Å². The third kappa shape index (κ3) is 2.26. The normalized spacial score (nSPS) is 10.5. The van der Waals surface area contributed by atoms with Crippen LogP contribution in [0.2, 0.25) is 0 Å². The lowest BCUT2D eigenvalue weighted by Crippen LogP contribution is -2.53. The molecule has 6 N–H and O–H groups in total. The van der Waals surface area contributed by atoms with E-state index >= 15 is 0 Å². The quantitative estimate of drug-likeness (QED) is 0.0733. The summed E-state index contributed by atoms with van der Waals surface area (Å²) in [4.78, 5) is 21.5. The molecule has 6 nitrogen and oxygen atoms in total. The van der Waals surface area contributed by atoms with Crippen LogP contribution >= 0.6 is 25.3 Å². The van der Waals surface area contributed by atoms with Crippen LogP contribution in [0.15, 0.2) is 0 Å². The summed E-state index contributed by atoms with van der Waals surface area (Å²) in [6.45, 7) is 0. The summed E-state index contributed by atoms with van der Waals surface area (Å²) in [7, 11) is 0. The molecule has 0 saturated carbocycles. The Balaban J connectivity index is 4.44. The lowest BCUT2D eigenvalue weighted by atomic mass is 10.4. The molecule has 8 heteroatoms. The zero-order chi connectivity index (χ0) is 9.07. The van der Waals surface area contributed by atoms with Gasteiger partial charge in [0.05, 0.1) is 0 Å². The van der Waals surface area contributed by atoms with Gasteiger partial charge in [0.25, 0.3) is 11.8 Å². The van der Waals surface area contributed by atoms with Crippen LogP contribution in [0.25, 0.3) is 0 Å². The third-order valence-electron chi connectivity index (χ3n) is 0.895. The summed E-state index contributed by atoms with van der Waals surface area (Å²) >= 11 is 7.23. The Morgan fingerprint density at radius 2 is 1.36 bits per heavy atom. The van der Waals surface area contributed by atoms with E-state index in [0.717, 1.165) is 0 Å². The highest BCUT2D eigenvalue weighted by atomic mass is 32.2. The molecule has 0 heterocycles. The van der Waals surface area contributed by atoms with Crippen molar-refractivity contribution in [2.24, 2.45) is 11.7 Å². The van der Waals surface area contributed by atoms with Crippen LogP contribution < -0.4 is 22.5 Å². The van der Waals surface area contributed by atoms with Gasteiger partial charge in [0.15, 0.2) is 0 Å². The summed E-state index contributed by atoms with van der Waals surface area (Å²) in [5, 5.41) is 0. The van der Waals surface area contributed by atoms with Gasteiger partial charge in [0, 0.05) is 0 Å². The van der Waals surface area contributed by atoms with Gasteiger partial charge in [-0.05, 0) is 0 Å². The highest BCUT2D eigenvalue weighted by Crippen LogP contribution is 2.18. The molecule has 0 aromatic rings. The molecule has 2 amide bonds. The maximum atomic E-state index is 10.7. The largest absolute Gasteiger partial charge is 0.292 e. The van der Waals surface area contributed by atoms with E-state index in [0.29, 0.717) is 0 Å². The van der Waals surface area contributed by atoms with Crippen LogP contribution in [-0.4, -0.2) is 15.9 Å². The first-order chi connectivity index (χ1) is 4.96. The van der Waals surface area contributed by atoms with E-state index in [1.165, 1.54) is 0 Å². The van der Waals surface area contributed by atoms with Crippen LogP contribution in [0.1, 0.15) is 0 Å². The third-order valence-corrected chi connectivity index (χ3v) is 1.71. The Bertz CT molecular complexity index is 164. The van der Waals surface area contributed by atoms with E-state index < -0.39 is 15.9 Å². The topological polar surface area (TPSA) is 110 Å². The molecule has 0 bridgehead atoms. The predicted molar refractivity (Wildman–Crippen MR) is 45.4 cm³/mol. The number of hydrogen-bond donors (Lipinski definition) is 6. The van der Waals surface area contributed by atoms with Crippen molar-refractivity contribution in [2.75, 3.05) is 0 Å². The molecule has 0 aromatic carbocycles. The average Bonchev–Trinajstić information content (AvgIpc) is 2.01. The molecule has 64 valence electrons. The van der Waals surface area contributed by atoms with E-state index in [9.17, 15) is 9.59 Å². The SMILES string of the molecule is NNC(=O)C(S)(S)C(=O)NN. The lowest BCUT2D eigenvalue weighted by Gasteiger charge is -2.17. The van der Waals surface area contributed by atoms with Gasteiger partial charge in [-0.15, -0.1) is 25.3 Å². The van der Waals surface area contributed by atoms with Crippen LogP contribution in [0.4, 0.5) is 0 Å². The summed E-state index contributed by atoms with van der Waals surface area (Å²) in [5.74, 6) is 7.76. The summed E-state index contributed by atoms with van der Waals surface area (Å²) in [5.41, 5.74) is 3.42. The van der Waals surface area contributed by atoms with Crippen LogP contribution in [-0.2, 0) is 9.59 Å². The molecule has 0 radical (unpaired) electrons. The first-order valence-electron chi connectivity index (χ1n) is 2.43. The highest BCUT2D eigenvalue weighted by Gasteiger charge is 2.37. The number of carbonyl (C=O) groups excluding carboxylic acids is 2. The number of carbonyl (C=O) groups is 2. The van der Waals surface area contributed by atoms with Gasteiger partial charge in [-0.1, -0.05) is 0 Å². The lowest BCUT2D eigenvalue weighted by molar-refractivity contribution is -0.129. The molecule has 0 aromatic heterocycles. The number of thiol groups is 2. The smallest absolute Gasteiger partial charge is 0.269 e. The second kappa shape index (κ2) is 3.81. The molecule has 0 saturated heterocycles. The molecule has 0 fully saturated rings. The van der Waals surface area contributed by atoms with E-state index in [1.54, 1.807) is 10.9 Å². The van der Waals surface area contributed by atoms with Crippen LogP contribution in [0.3, 0.4) is 0 Å². The second-order valence-electron chi connectivity index (χ2n) is 1.62. The fourth-order valence-corrected chi connectivity index (χ4v) is 0.563. The minimum atomic E-state index is -1.84.